The quantitative estimate of drug-likeness (QED) is 0.891. The van der Waals surface area contributed by atoms with Crippen LogP contribution in [-0.2, 0) is 11.3 Å². The van der Waals surface area contributed by atoms with Crippen molar-refractivity contribution < 1.29 is 4.79 Å². The van der Waals surface area contributed by atoms with Crippen LogP contribution in [0.4, 0.5) is 11.4 Å². The van der Waals surface area contributed by atoms with Gasteiger partial charge in [-0.1, -0.05) is 17.7 Å². The molecular weight excluding hydrogens is 288 g/mol. The highest BCUT2D eigenvalue weighted by Crippen LogP contribution is 2.20. The van der Waals surface area contributed by atoms with Gasteiger partial charge in [-0.25, -0.2) is 0 Å². The number of nitrogens with zero attached hydrogens (tertiary/aromatic N) is 2. The van der Waals surface area contributed by atoms with Crippen molar-refractivity contribution in [3.05, 3.63) is 41.2 Å². The molecule has 0 saturated carbocycles. The zero-order chi connectivity index (χ0) is 15.4. The predicted octanol–water partition coefficient (Wildman–Crippen LogP) is 3.30. The molecule has 1 amide bonds. The first kappa shape index (κ1) is 15.4. The van der Waals surface area contributed by atoms with Gasteiger partial charge in [-0.2, -0.15) is 5.10 Å². The van der Waals surface area contributed by atoms with Crippen LogP contribution in [0.1, 0.15) is 19.4 Å². The Morgan fingerprint density at radius 2 is 2.24 bits per heavy atom. The molecule has 0 aliphatic heterocycles. The lowest BCUT2D eigenvalue weighted by Gasteiger charge is -2.15. The minimum Gasteiger partial charge on any atom is -0.371 e. The second-order valence-corrected chi connectivity index (χ2v) is 5.34. The number of nitrogens with one attached hydrogen (secondary N) is 2. The number of amides is 1. The molecule has 21 heavy (non-hydrogen) atoms. The SMILES string of the molecule is CCn1cc(N[C@@H](C)C(=O)Nc2cc(Cl)ccc2C)cn1. The molecule has 6 heteroatoms. The van der Waals surface area contributed by atoms with Gasteiger partial charge in [0, 0.05) is 23.5 Å². The molecule has 2 N–H and O–H groups in total. The largest absolute Gasteiger partial charge is 0.371 e. The van der Waals surface area contributed by atoms with E-state index < -0.39 is 0 Å². The number of halogens is 1. The van der Waals surface area contributed by atoms with Crippen LogP contribution in [0.15, 0.2) is 30.6 Å². The van der Waals surface area contributed by atoms with Crippen molar-refractivity contribution >= 4 is 28.9 Å². The highest BCUT2D eigenvalue weighted by Gasteiger charge is 2.14. The first-order valence-electron chi connectivity index (χ1n) is 6.85. The van der Waals surface area contributed by atoms with Crippen LogP contribution in [0, 0.1) is 6.92 Å². The normalized spacial score (nSPS) is 12.0. The second-order valence-electron chi connectivity index (χ2n) is 4.90. The van der Waals surface area contributed by atoms with E-state index in [1.54, 1.807) is 29.9 Å². The zero-order valence-corrected chi connectivity index (χ0v) is 13.1. The first-order valence-corrected chi connectivity index (χ1v) is 7.23. The topological polar surface area (TPSA) is 59.0 Å². The van der Waals surface area contributed by atoms with Crippen molar-refractivity contribution in [1.82, 2.24) is 9.78 Å². The van der Waals surface area contributed by atoms with E-state index in [0.717, 1.165) is 23.5 Å². The van der Waals surface area contributed by atoms with E-state index in [0.29, 0.717) is 5.02 Å². The molecule has 2 rings (SSSR count). The van der Waals surface area contributed by atoms with Crippen molar-refractivity contribution in [2.45, 2.75) is 33.4 Å². The first-order chi connectivity index (χ1) is 9.99. The maximum Gasteiger partial charge on any atom is 0.246 e. The van der Waals surface area contributed by atoms with E-state index in [-0.39, 0.29) is 11.9 Å². The lowest BCUT2D eigenvalue weighted by molar-refractivity contribution is -0.116. The van der Waals surface area contributed by atoms with Crippen LogP contribution in [0.3, 0.4) is 0 Å². The molecular formula is C15H19ClN4O. The molecule has 0 radical (unpaired) electrons. The summed E-state index contributed by atoms with van der Waals surface area (Å²) in [6, 6.07) is 5.04. The number of carbonyl (C=O) groups is 1. The number of anilines is 2. The fourth-order valence-electron chi connectivity index (χ4n) is 1.90. The van der Waals surface area contributed by atoms with E-state index >= 15 is 0 Å². The van der Waals surface area contributed by atoms with Crippen molar-refractivity contribution in [2.75, 3.05) is 10.6 Å². The number of hydrogen-bond donors (Lipinski definition) is 2. The van der Waals surface area contributed by atoms with Crippen molar-refractivity contribution in [3.63, 3.8) is 0 Å². The molecule has 0 unspecified atom stereocenters. The summed E-state index contributed by atoms with van der Waals surface area (Å²) in [6.07, 6.45) is 3.58. The molecule has 0 saturated heterocycles. The molecule has 0 bridgehead atoms. The summed E-state index contributed by atoms with van der Waals surface area (Å²) in [6.45, 7) is 6.53. The molecule has 1 atom stereocenters. The summed E-state index contributed by atoms with van der Waals surface area (Å²) in [5.74, 6) is -0.121. The molecule has 5 nitrogen and oxygen atoms in total. The Hall–Kier alpha value is -2.01. The Morgan fingerprint density at radius 1 is 1.48 bits per heavy atom. The van der Waals surface area contributed by atoms with Gasteiger partial charge in [0.15, 0.2) is 0 Å². The highest BCUT2D eigenvalue weighted by molar-refractivity contribution is 6.31. The fraction of sp³-hybridized carbons (Fsp3) is 0.333. The van der Waals surface area contributed by atoms with Crippen molar-refractivity contribution in [2.24, 2.45) is 0 Å². The number of carbonyl (C=O) groups excluding carboxylic acids is 1. The van der Waals surface area contributed by atoms with Gasteiger partial charge in [-0.3, -0.25) is 9.48 Å². The average molecular weight is 307 g/mol. The van der Waals surface area contributed by atoms with E-state index in [1.165, 1.54) is 0 Å². The monoisotopic (exact) mass is 306 g/mol. The molecule has 0 aliphatic rings. The molecule has 1 aromatic carbocycles. The van der Waals surface area contributed by atoms with Crippen LogP contribution in [-0.4, -0.2) is 21.7 Å². The molecule has 0 fully saturated rings. The molecule has 0 aliphatic carbocycles. The van der Waals surface area contributed by atoms with Crippen LogP contribution < -0.4 is 10.6 Å². The van der Waals surface area contributed by atoms with E-state index in [4.69, 9.17) is 11.6 Å². The minimum absolute atomic E-state index is 0.121. The third-order valence-corrected chi connectivity index (χ3v) is 3.43. The van der Waals surface area contributed by atoms with Crippen molar-refractivity contribution in [3.8, 4) is 0 Å². The van der Waals surface area contributed by atoms with Gasteiger partial charge < -0.3 is 10.6 Å². The standard InChI is InChI=1S/C15H19ClN4O/c1-4-20-9-13(8-17-20)18-11(3)15(21)19-14-7-12(16)6-5-10(14)2/h5-9,11,18H,4H2,1-3H3,(H,19,21)/t11-/m0/s1. The third kappa shape index (κ3) is 3.98. The number of hydrogen-bond acceptors (Lipinski definition) is 3. The van der Waals surface area contributed by atoms with Crippen LogP contribution in [0.5, 0.6) is 0 Å². The van der Waals surface area contributed by atoms with Gasteiger partial charge in [0.05, 0.1) is 11.9 Å². The summed E-state index contributed by atoms with van der Waals surface area (Å²) in [4.78, 5) is 12.2. The minimum atomic E-state index is -0.377. The van der Waals surface area contributed by atoms with E-state index in [9.17, 15) is 4.79 Å². The van der Waals surface area contributed by atoms with E-state index in [1.807, 2.05) is 26.1 Å². The van der Waals surface area contributed by atoms with Gasteiger partial charge >= 0.3 is 0 Å². The van der Waals surface area contributed by atoms with Crippen LogP contribution in [0.2, 0.25) is 5.02 Å². The predicted molar refractivity (Wildman–Crippen MR) is 85.8 cm³/mol. The van der Waals surface area contributed by atoms with Crippen molar-refractivity contribution in [1.29, 1.82) is 0 Å². The summed E-state index contributed by atoms with van der Waals surface area (Å²) in [5.41, 5.74) is 2.52. The zero-order valence-electron chi connectivity index (χ0n) is 12.4. The summed E-state index contributed by atoms with van der Waals surface area (Å²) >= 11 is 5.95. The maximum atomic E-state index is 12.2. The Morgan fingerprint density at radius 3 is 2.90 bits per heavy atom. The van der Waals surface area contributed by atoms with Gasteiger partial charge in [0.25, 0.3) is 0 Å². The second kappa shape index (κ2) is 6.63. The van der Waals surface area contributed by atoms with Crippen LogP contribution in [0.25, 0.3) is 0 Å². The number of aryl methyl sites for hydroxylation is 2. The Bertz CT molecular complexity index is 638. The summed E-state index contributed by atoms with van der Waals surface area (Å²) < 4.78 is 1.80. The lowest BCUT2D eigenvalue weighted by atomic mass is 10.2. The smallest absolute Gasteiger partial charge is 0.246 e. The number of aromatic nitrogens is 2. The summed E-state index contributed by atoms with van der Waals surface area (Å²) in [7, 11) is 0. The third-order valence-electron chi connectivity index (χ3n) is 3.19. The number of benzene rings is 1. The van der Waals surface area contributed by atoms with Gasteiger partial charge in [0.1, 0.15) is 6.04 Å². The fourth-order valence-corrected chi connectivity index (χ4v) is 2.07. The molecule has 1 aromatic heterocycles. The lowest BCUT2D eigenvalue weighted by Crippen LogP contribution is -2.32. The number of rotatable bonds is 5. The molecule has 0 spiro atoms. The van der Waals surface area contributed by atoms with Crippen LogP contribution >= 0.6 is 11.6 Å². The molecule has 2 aromatic rings. The van der Waals surface area contributed by atoms with E-state index in [2.05, 4.69) is 15.7 Å². The van der Waals surface area contributed by atoms with Gasteiger partial charge in [-0.15, -0.1) is 0 Å². The van der Waals surface area contributed by atoms with Gasteiger partial charge in [0.2, 0.25) is 5.91 Å². The molecule has 1 heterocycles. The Labute approximate surface area is 129 Å². The summed E-state index contributed by atoms with van der Waals surface area (Å²) in [5, 5.41) is 10.8. The molecule has 112 valence electrons. The Kier molecular flexibility index (Phi) is 4.85. The Balaban J connectivity index is 2.00. The van der Waals surface area contributed by atoms with Gasteiger partial charge in [-0.05, 0) is 38.5 Å². The average Bonchev–Trinajstić information content (AvgIpc) is 2.90. The maximum absolute atomic E-state index is 12.2. The highest BCUT2D eigenvalue weighted by atomic mass is 35.5.